The number of carbonyl (C=O) groups excluding carboxylic acids is 2. The molecule has 0 unspecified atom stereocenters. The number of amides is 1. The molecule has 0 aliphatic rings. The molecule has 0 bridgehead atoms. The van der Waals surface area contributed by atoms with Crippen LogP contribution in [0.1, 0.15) is 34.1 Å². The minimum absolute atomic E-state index is 0.00571. The minimum Gasteiger partial charge on any atom is -0.467 e. The summed E-state index contributed by atoms with van der Waals surface area (Å²) in [6, 6.07) is -0.591. The smallest absolute Gasteiger partial charge is 0.328 e. The van der Waals surface area contributed by atoms with Crippen molar-refractivity contribution in [3.63, 3.8) is 0 Å². The molecule has 1 atom stereocenters. The Morgan fingerprint density at radius 3 is 2.31 bits per heavy atom. The molecule has 0 heterocycles. The van der Waals surface area contributed by atoms with Crippen LogP contribution in [0.3, 0.4) is 0 Å². The summed E-state index contributed by atoms with van der Waals surface area (Å²) in [5, 5.41) is 5.76. The predicted molar refractivity (Wildman–Crippen MR) is 62.0 cm³/mol. The van der Waals surface area contributed by atoms with Crippen LogP contribution in [0.5, 0.6) is 0 Å². The number of methoxy groups -OCH3 is 1. The van der Waals surface area contributed by atoms with E-state index < -0.39 is 12.0 Å². The summed E-state index contributed by atoms with van der Waals surface area (Å²) in [5.41, 5.74) is -0.00571. The lowest BCUT2D eigenvalue weighted by atomic mass is 10.1. The van der Waals surface area contributed by atoms with Gasteiger partial charge in [0.25, 0.3) is 0 Å². The van der Waals surface area contributed by atoms with Gasteiger partial charge in [0.15, 0.2) is 0 Å². The maximum absolute atomic E-state index is 11.4. The Hall–Kier alpha value is -1.10. The lowest BCUT2D eigenvalue weighted by Gasteiger charge is -2.20. The van der Waals surface area contributed by atoms with Gasteiger partial charge in [-0.2, -0.15) is 0 Å². The van der Waals surface area contributed by atoms with Crippen LogP contribution in [0.25, 0.3) is 0 Å². The molecule has 0 spiro atoms. The zero-order chi connectivity index (χ0) is 12.8. The summed E-state index contributed by atoms with van der Waals surface area (Å²) in [5.74, 6) is -0.591. The molecule has 0 saturated carbocycles. The van der Waals surface area contributed by atoms with Gasteiger partial charge in [-0.15, -0.1) is 0 Å². The van der Waals surface area contributed by atoms with Crippen LogP contribution in [-0.2, 0) is 14.3 Å². The number of hydrogen-bond donors (Lipinski definition) is 2. The second-order valence-electron chi connectivity index (χ2n) is 4.74. The second kappa shape index (κ2) is 6.48. The van der Waals surface area contributed by atoms with Crippen molar-refractivity contribution in [2.75, 3.05) is 13.7 Å². The van der Waals surface area contributed by atoms with E-state index in [1.165, 1.54) is 7.11 Å². The third kappa shape index (κ3) is 7.23. The van der Waals surface area contributed by atoms with Gasteiger partial charge in [-0.1, -0.05) is 0 Å². The van der Waals surface area contributed by atoms with E-state index in [9.17, 15) is 9.59 Å². The highest BCUT2D eigenvalue weighted by Crippen LogP contribution is 1.98. The lowest BCUT2D eigenvalue weighted by molar-refractivity contribution is -0.144. The Labute approximate surface area is 96.9 Å². The normalized spacial score (nSPS) is 13.1. The van der Waals surface area contributed by atoms with Gasteiger partial charge < -0.3 is 15.4 Å². The van der Waals surface area contributed by atoms with Crippen molar-refractivity contribution in [1.29, 1.82) is 0 Å². The van der Waals surface area contributed by atoms with E-state index in [1.807, 2.05) is 20.8 Å². The van der Waals surface area contributed by atoms with Gasteiger partial charge in [0.2, 0.25) is 5.91 Å². The fraction of sp³-hybridized carbons (Fsp3) is 0.818. The second-order valence-corrected chi connectivity index (χ2v) is 4.74. The topological polar surface area (TPSA) is 67.4 Å². The molecule has 1 amide bonds. The summed E-state index contributed by atoms with van der Waals surface area (Å²) in [7, 11) is 1.30. The highest BCUT2D eigenvalue weighted by Gasteiger charge is 2.16. The minimum atomic E-state index is -0.591. The molecule has 5 heteroatoms. The van der Waals surface area contributed by atoms with Crippen LogP contribution >= 0.6 is 0 Å². The lowest BCUT2D eigenvalue weighted by Crippen LogP contribution is -2.42. The SMILES string of the molecule is COC(=O)[C@H](C)NC(=O)CCNC(C)(C)C. The van der Waals surface area contributed by atoms with Crippen LogP contribution in [0.15, 0.2) is 0 Å². The van der Waals surface area contributed by atoms with Crippen LogP contribution in [0.4, 0.5) is 0 Å². The maximum atomic E-state index is 11.4. The Kier molecular flexibility index (Phi) is 6.03. The van der Waals surface area contributed by atoms with E-state index in [1.54, 1.807) is 6.92 Å². The molecule has 0 radical (unpaired) electrons. The Bertz CT molecular complexity index is 246. The van der Waals surface area contributed by atoms with E-state index >= 15 is 0 Å². The summed E-state index contributed by atoms with van der Waals surface area (Å²) in [6.45, 7) is 8.27. The molecule has 16 heavy (non-hydrogen) atoms. The molecule has 0 aliphatic heterocycles. The first kappa shape index (κ1) is 14.9. The van der Waals surface area contributed by atoms with Gasteiger partial charge in [0.05, 0.1) is 7.11 Å². The van der Waals surface area contributed by atoms with E-state index in [-0.39, 0.29) is 11.4 Å². The highest BCUT2D eigenvalue weighted by molar-refractivity contribution is 5.84. The highest BCUT2D eigenvalue weighted by atomic mass is 16.5. The number of rotatable bonds is 5. The monoisotopic (exact) mass is 230 g/mol. The molecule has 0 saturated heterocycles. The van der Waals surface area contributed by atoms with Gasteiger partial charge in [-0.05, 0) is 27.7 Å². The summed E-state index contributed by atoms with van der Waals surface area (Å²) in [4.78, 5) is 22.4. The third-order valence-corrected chi connectivity index (χ3v) is 1.94. The van der Waals surface area contributed by atoms with Crippen LogP contribution in [-0.4, -0.2) is 37.1 Å². The Morgan fingerprint density at radius 1 is 1.31 bits per heavy atom. The zero-order valence-electron chi connectivity index (χ0n) is 10.7. The first-order valence-electron chi connectivity index (χ1n) is 5.38. The van der Waals surface area contributed by atoms with Crippen molar-refractivity contribution in [2.45, 2.75) is 45.7 Å². The Morgan fingerprint density at radius 2 is 1.88 bits per heavy atom. The first-order valence-corrected chi connectivity index (χ1v) is 5.38. The van der Waals surface area contributed by atoms with E-state index in [2.05, 4.69) is 15.4 Å². The molecular formula is C11H22N2O3. The summed E-state index contributed by atoms with van der Waals surface area (Å²) in [6.07, 6.45) is 0.346. The quantitative estimate of drug-likeness (QED) is 0.673. The number of ether oxygens (including phenoxy) is 1. The van der Waals surface area contributed by atoms with Gasteiger partial charge in [-0.25, -0.2) is 4.79 Å². The number of esters is 1. The molecule has 0 aromatic rings. The summed E-state index contributed by atoms with van der Waals surface area (Å²) >= 11 is 0. The average Bonchev–Trinajstić information content (AvgIpc) is 2.14. The average molecular weight is 230 g/mol. The van der Waals surface area contributed by atoms with Crippen molar-refractivity contribution in [2.24, 2.45) is 0 Å². The molecular weight excluding hydrogens is 208 g/mol. The predicted octanol–water partition coefficient (Wildman–Crippen LogP) is 0.442. The fourth-order valence-corrected chi connectivity index (χ4v) is 1.10. The third-order valence-electron chi connectivity index (χ3n) is 1.94. The largest absolute Gasteiger partial charge is 0.467 e. The standard InChI is InChI=1S/C11H22N2O3/c1-8(10(15)16-5)13-9(14)6-7-12-11(2,3)4/h8,12H,6-7H2,1-5H3,(H,13,14)/t8-/m0/s1. The van der Waals surface area contributed by atoms with Crippen molar-refractivity contribution in [3.8, 4) is 0 Å². The zero-order valence-corrected chi connectivity index (χ0v) is 10.7. The van der Waals surface area contributed by atoms with Crippen molar-refractivity contribution >= 4 is 11.9 Å². The van der Waals surface area contributed by atoms with Gasteiger partial charge in [0, 0.05) is 18.5 Å². The van der Waals surface area contributed by atoms with E-state index in [0.29, 0.717) is 13.0 Å². The van der Waals surface area contributed by atoms with E-state index in [4.69, 9.17) is 0 Å². The van der Waals surface area contributed by atoms with Crippen LogP contribution in [0, 0.1) is 0 Å². The van der Waals surface area contributed by atoms with Crippen molar-refractivity contribution in [3.05, 3.63) is 0 Å². The summed E-state index contributed by atoms with van der Waals surface area (Å²) < 4.78 is 4.50. The number of nitrogens with one attached hydrogen (secondary N) is 2. The molecule has 0 fully saturated rings. The van der Waals surface area contributed by atoms with Gasteiger partial charge in [-0.3, -0.25) is 4.79 Å². The molecule has 0 aromatic carbocycles. The van der Waals surface area contributed by atoms with Crippen molar-refractivity contribution in [1.82, 2.24) is 10.6 Å². The van der Waals surface area contributed by atoms with E-state index in [0.717, 1.165) is 0 Å². The van der Waals surface area contributed by atoms with Crippen LogP contribution in [0.2, 0.25) is 0 Å². The number of hydrogen-bond acceptors (Lipinski definition) is 4. The van der Waals surface area contributed by atoms with Gasteiger partial charge in [0.1, 0.15) is 6.04 Å². The molecule has 94 valence electrons. The maximum Gasteiger partial charge on any atom is 0.328 e. The van der Waals surface area contributed by atoms with Gasteiger partial charge >= 0.3 is 5.97 Å². The first-order chi connectivity index (χ1) is 7.26. The fourth-order valence-electron chi connectivity index (χ4n) is 1.10. The van der Waals surface area contributed by atoms with Crippen LogP contribution < -0.4 is 10.6 Å². The molecule has 0 rings (SSSR count). The molecule has 5 nitrogen and oxygen atoms in total. The molecule has 2 N–H and O–H groups in total. The molecule has 0 aliphatic carbocycles. The molecule has 0 aromatic heterocycles. The number of carbonyl (C=O) groups is 2. The van der Waals surface area contributed by atoms with Crippen molar-refractivity contribution < 1.29 is 14.3 Å². The Balaban J connectivity index is 3.79.